The SMILES string of the molecule is FC(F)n1cc(-c2cnc3c(NCc4nc5cc(Cl)c(Cl)cc5[nH]4)cc(N4CCNCC4)nn23)cn1. The lowest BCUT2D eigenvalue weighted by Crippen LogP contribution is -2.44. The van der Waals surface area contributed by atoms with E-state index in [1.54, 1.807) is 22.8 Å². The molecular formula is C22H20Cl2F2N10. The number of benzene rings is 1. The smallest absolute Gasteiger partial charge is 0.333 e. The van der Waals surface area contributed by atoms with Gasteiger partial charge in [-0.1, -0.05) is 23.2 Å². The number of nitrogens with zero attached hydrogens (tertiary/aromatic N) is 7. The number of hydrogen-bond acceptors (Lipinski definition) is 7. The van der Waals surface area contributed by atoms with Crippen molar-refractivity contribution in [1.29, 1.82) is 0 Å². The first-order valence-corrected chi connectivity index (χ1v) is 12.0. The van der Waals surface area contributed by atoms with Gasteiger partial charge in [-0.25, -0.2) is 19.2 Å². The van der Waals surface area contributed by atoms with Gasteiger partial charge >= 0.3 is 6.55 Å². The summed E-state index contributed by atoms with van der Waals surface area (Å²) >= 11 is 12.3. The highest BCUT2D eigenvalue weighted by molar-refractivity contribution is 6.42. The minimum atomic E-state index is -2.73. The number of piperazine rings is 1. The van der Waals surface area contributed by atoms with Gasteiger partial charge in [-0.05, 0) is 12.1 Å². The number of anilines is 2. The maximum absolute atomic E-state index is 13.1. The van der Waals surface area contributed by atoms with Crippen molar-refractivity contribution in [2.45, 2.75) is 13.1 Å². The van der Waals surface area contributed by atoms with E-state index in [0.717, 1.165) is 43.2 Å². The molecule has 1 saturated heterocycles. The number of alkyl halides is 2. The average Bonchev–Trinajstić information content (AvgIpc) is 3.61. The fraction of sp³-hybridized carbons (Fsp3) is 0.273. The van der Waals surface area contributed by atoms with Gasteiger partial charge in [0, 0.05) is 44.0 Å². The molecule has 1 fully saturated rings. The van der Waals surface area contributed by atoms with Crippen molar-refractivity contribution in [2.75, 3.05) is 36.4 Å². The minimum Gasteiger partial charge on any atom is -0.375 e. The average molecular weight is 533 g/mol. The van der Waals surface area contributed by atoms with E-state index in [1.165, 1.54) is 12.4 Å². The van der Waals surface area contributed by atoms with Crippen LogP contribution in [-0.4, -0.2) is 60.5 Å². The number of aromatic nitrogens is 7. The van der Waals surface area contributed by atoms with E-state index < -0.39 is 6.55 Å². The summed E-state index contributed by atoms with van der Waals surface area (Å²) in [5.41, 5.74) is 3.82. The Kier molecular flexibility index (Phi) is 5.86. The molecule has 4 aromatic heterocycles. The number of hydrogen-bond donors (Lipinski definition) is 3. The number of H-pyrrole nitrogens is 1. The molecule has 0 amide bonds. The molecule has 1 aliphatic rings. The van der Waals surface area contributed by atoms with Crippen LogP contribution in [0.5, 0.6) is 0 Å². The fourth-order valence-electron chi connectivity index (χ4n) is 4.23. The van der Waals surface area contributed by atoms with Gasteiger partial charge in [-0.3, -0.25) is 0 Å². The molecule has 0 bridgehead atoms. The Hall–Kier alpha value is -3.48. The third-order valence-corrected chi connectivity index (χ3v) is 6.73. The molecule has 1 aliphatic heterocycles. The fourth-order valence-corrected chi connectivity index (χ4v) is 4.55. The van der Waals surface area contributed by atoms with Crippen LogP contribution in [0.1, 0.15) is 12.4 Å². The monoisotopic (exact) mass is 532 g/mol. The molecule has 0 saturated carbocycles. The third kappa shape index (κ3) is 4.21. The molecule has 10 nitrogen and oxygen atoms in total. The van der Waals surface area contributed by atoms with Gasteiger partial charge in [0.2, 0.25) is 0 Å². The van der Waals surface area contributed by atoms with Crippen LogP contribution < -0.4 is 15.5 Å². The van der Waals surface area contributed by atoms with Crippen molar-refractivity contribution >= 4 is 51.4 Å². The maximum Gasteiger partial charge on any atom is 0.333 e. The van der Waals surface area contributed by atoms with Crippen LogP contribution in [0, 0.1) is 0 Å². The van der Waals surface area contributed by atoms with E-state index in [4.69, 9.17) is 28.3 Å². The predicted molar refractivity (Wildman–Crippen MR) is 134 cm³/mol. The molecule has 5 aromatic rings. The first-order chi connectivity index (χ1) is 17.5. The summed E-state index contributed by atoms with van der Waals surface area (Å²) in [6.45, 7) is 0.894. The summed E-state index contributed by atoms with van der Waals surface area (Å²) in [6, 6.07) is 5.40. The predicted octanol–water partition coefficient (Wildman–Crippen LogP) is 4.19. The molecule has 36 heavy (non-hydrogen) atoms. The van der Waals surface area contributed by atoms with Crippen LogP contribution >= 0.6 is 23.2 Å². The summed E-state index contributed by atoms with van der Waals surface area (Å²) in [7, 11) is 0. The Morgan fingerprint density at radius 2 is 1.89 bits per heavy atom. The zero-order chi connectivity index (χ0) is 24.8. The lowest BCUT2D eigenvalue weighted by Gasteiger charge is -2.28. The normalized spacial score (nSPS) is 14.4. The van der Waals surface area contributed by atoms with Crippen LogP contribution in [0.15, 0.2) is 36.8 Å². The van der Waals surface area contributed by atoms with Crippen LogP contribution in [0.3, 0.4) is 0 Å². The van der Waals surface area contributed by atoms with E-state index in [9.17, 15) is 8.78 Å². The summed E-state index contributed by atoms with van der Waals surface area (Å²) in [5.74, 6) is 1.43. The summed E-state index contributed by atoms with van der Waals surface area (Å²) < 4.78 is 28.5. The number of halogens is 4. The van der Waals surface area contributed by atoms with Crippen molar-refractivity contribution in [3.8, 4) is 11.3 Å². The number of fused-ring (bicyclic) bond motifs is 2. The van der Waals surface area contributed by atoms with Crippen molar-refractivity contribution in [3.05, 3.63) is 52.7 Å². The van der Waals surface area contributed by atoms with E-state index in [2.05, 4.69) is 35.6 Å². The zero-order valence-electron chi connectivity index (χ0n) is 18.7. The quantitative estimate of drug-likeness (QED) is 0.301. The second-order valence-electron chi connectivity index (χ2n) is 8.34. The second-order valence-corrected chi connectivity index (χ2v) is 9.15. The number of rotatable bonds is 6. The first kappa shape index (κ1) is 23.0. The molecule has 14 heteroatoms. The standard InChI is InChI=1S/C22H20Cl2F2N10/c23-13-5-15-16(6-14(13)24)32-19(31-15)10-28-17-7-20(34-3-1-27-2-4-34)33-36-18(9-29-21(17)36)12-8-30-35(11-12)22(25)26/h5-9,11,22,27-28H,1-4,10H2,(H,31,32). The number of imidazole rings is 2. The highest BCUT2D eigenvalue weighted by atomic mass is 35.5. The molecule has 3 N–H and O–H groups in total. The first-order valence-electron chi connectivity index (χ1n) is 11.2. The Morgan fingerprint density at radius 3 is 2.67 bits per heavy atom. The van der Waals surface area contributed by atoms with E-state index in [-0.39, 0.29) is 0 Å². The summed E-state index contributed by atoms with van der Waals surface area (Å²) in [6.07, 6.45) is 4.27. The lowest BCUT2D eigenvalue weighted by molar-refractivity contribution is 0.0566. The van der Waals surface area contributed by atoms with Gasteiger partial charge in [0.05, 0.1) is 51.4 Å². The molecule has 0 radical (unpaired) electrons. The van der Waals surface area contributed by atoms with Gasteiger partial charge in [-0.2, -0.15) is 13.9 Å². The van der Waals surface area contributed by atoms with Crippen LogP contribution in [0.2, 0.25) is 10.0 Å². The molecular weight excluding hydrogens is 513 g/mol. The van der Waals surface area contributed by atoms with Gasteiger partial charge in [-0.15, -0.1) is 5.10 Å². The Morgan fingerprint density at radius 1 is 1.08 bits per heavy atom. The van der Waals surface area contributed by atoms with Crippen molar-refractivity contribution in [2.24, 2.45) is 0 Å². The molecule has 6 rings (SSSR count). The number of aromatic amines is 1. The third-order valence-electron chi connectivity index (χ3n) is 6.01. The van der Waals surface area contributed by atoms with Crippen LogP contribution in [0.4, 0.5) is 20.3 Å². The van der Waals surface area contributed by atoms with Gasteiger partial charge in [0.15, 0.2) is 11.5 Å². The van der Waals surface area contributed by atoms with Gasteiger partial charge < -0.3 is 20.5 Å². The van der Waals surface area contributed by atoms with Gasteiger partial charge in [0.25, 0.3) is 0 Å². The molecule has 0 unspecified atom stereocenters. The highest BCUT2D eigenvalue weighted by Gasteiger charge is 2.19. The largest absolute Gasteiger partial charge is 0.375 e. The Bertz CT molecular complexity index is 1510. The highest BCUT2D eigenvalue weighted by Crippen LogP contribution is 2.29. The van der Waals surface area contributed by atoms with Crippen LogP contribution in [0.25, 0.3) is 27.9 Å². The second kappa shape index (κ2) is 9.19. The Labute approximate surface area is 213 Å². The van der Waals surface area contributed by atoms with E-state index in [0.29, 0.717) is 49.5 Å². The minimum absolute atomic E-state index is 0.371. The van der Waals surface area contributed by atoms with E-state index in [1.807, 2.05) is 6.07 Å². The number of nitrogens with one attached hydrogen (secondary N) is 3. The molecule has 0 atom stereocenters. The van der Waals surface area contributed by atoms with Crippen molar-refractivity contribution in [3.63, 3.8) is 0 Å². The lowest BCUT2D eigenvalue weighted by atomic mass is 10.3. The molecule has 0 aliphatic carbocycles. The molecule has 5 heterocycles. The summed E-state index contributed by atoms with van der Waals surface area (Å²) in [5, 5.41) is 16.2. The molecule has 186 valence electrons. The van der Waals surface area contributed by atoms with Crippen molar-refractivity contribution < 1.29 is 8.78 Å². The maximum atomic E-state index is 13.1. The Balaban J connectivity index is 1.38. The van der Waals surface area contributed by atoms with Crippen molar-refractivity contribution in [1.82, 2.24) is 39.7 Å². The summed E-state index contributed by atoms with van der Waals surface area (Å²) in [4.78, 5) is 14.5. The zero-order valence-corrected chi connectivity index (χ0v) is 20.2. The molecule has 0 spiro atoms. The van der Waals surface area contributed by atoms with Crippen LogP contribution in [-0.2, 0) is 6.54 Å². The molecule has 1 aromatic carbocycles. The van der Waals surface area contributed by atoms with Gasteiger partial charge in [0.1, 0.15) is 5.82 Å². The topological polar surface area (TPSA) is 104 Å². The van der Waals surface area contributed by atoms with E-state index >= 15 is 0 Å².